The minimum Gasteiger partial charge on any atom is -0.453 e. The molecule has 0 fully saturated rings. The molecule has 7 nitrogen and oxygen atoms in total. The fourth-order valence-corrected chi connectivity index (χ4v) is 5.61. The van der Waals surface area contributed by atoms with Crippen molar-refractivity contribution in [2.24, 2.45) is 0 Å². The predicted molar refractivity (Wildman–Crippen MR) is 172 cm³/mol. The van der Waals surface area contributed by atoms with Crippen LogP contribution in [0.1, 0.15) is 136 Å². The summed E-state index contributed by atoms with van der Waals surface area (Å²) in [7, 11) is 0. The lowest BCUT2D eigenvalue weighted by atomic mass is 10.0. The molecule has 0 spiro atoms. The van der Waals surface area contributed by atoms with Gasteiger partial charge in [-0.25, -0.2) is 0 Å². The second-order valence-corrected chi connectivity index (χ2v) is 11.7. The number of ether oxygens (including phenoxy) is 3. The van der Waals surface area contributed by atoms with Gasteiger partial charge >= 0.3 is 11.9 Å². The Morgan fingerprint density at radius 3 is 1.33 bits per heavy atom. The molecule has 0 saturated carbocycles. The lowest BCUT2D eigenvalue weighted by Gasteiger charge is -2.31. The van der Waals surface area contributed by atoms with Crippen molar-refractivity contribution >= 4 is 29.2 Å². The van der Waals surface area contributed by atoms with Gasteiger partial charge in [0.15, 0.2) is 11.5 Å². The summed E-state index contributed by atoms with van der Waals surface area (Å²) in [5, 5.41) is 0. The second kappa shape index (κ2) is 19.0. The maximum atomic E-state index is 13.5. The van der Waals surface area contributed by atoms with Gasteiger partial charge in [-0.1, -0.05) is 110 Å². The normalized spacial score (nSPS) is 11.8. The van der Waals surface area contributed by atoms with Crippen molar-refractivity contribution < 1.29 is 28.6 Å². The molecule has 1 heterocycles. The lowest BCUT2D eigenvalue weighted by molar-refractivity contribution is -0.132. The monoisotopic (exact) mass is 593 g/mol. The first-order valence-electron chi connectivity index (χ1n) is 16.5. The third-order valence-electron chi connectivity index (χ3n) is 7.83. The largest absolute Gasteiger partial charge is 0.453 e. The smallest absolute Gasteiger partial charge is 0.308 e. The van der Waals surface area contributed by atoms with Crippen molar-refractivity contribution in [1.82, 2.24) is 0 Å². The molecule has 0 N–H and O–H groups in total. The van der Waals surface area contributed by atoms with Crippen molar-refractivity contribution in [3.8, 4) is 23.0 Å². The molecule has 236 valence electrons. The number of benzene rings is 2. The number of fused-ring (bicyclic) bond motifs is 2. The van der Waals surface area contributed by atoms with Crippen LogP contribution in [0.4, 0.5) is 11.4 Å². The van der Waals surface area contributed by atoms with Crippen molar-refractivity contribution in [2.75, 3.05) is 4.90 Å². The van der Waals surface area contributed by atoms with E-state index in [9.17, 15) is 14.4 Å². The maximum absolute atomic E-state index is 13.5. The van der Waals surface area contributed by atoms with E-state index in [2.05, 4.69) is 6.92 Å². The standard InChI is InChI=1S/C36H51NO6/c1-4-5-6-7-8-9-10-11-12-13-14-15-16-17-18-19-20-21-36(40)37-32-24-22-30(41-28(2)38)26-34(32)43-35-27-31(42-29(3)39)23-25-33(35)37/h22-27H,4-21H2,1-3H3. The molecule has 0 aromatic heterocycles. The van der Waals surface area contributed by atoms with Crippen LogP contribution in [0.2, 0.25) is 0 Å². The van der Waals surface area contributed by atoms with Gasteiger partial charge in [0.2, 0.25) is 5.91 Å². The SMILES string of the molecule is CCCCCCCCCCCCCCCCCCCC(=O)N1c2ccc(OC(C)=O)cc2Oc2cc(OC(C)=O)ccc21. The second-order valence-electron chi connectivity index (χ2n) is 11.7. The molecule has 0 bridgehead atoms. The van der Waals surface area contributed by atoms with E-state index >= 15 is 0 Å². The van der Waals surface area contributed by atoms with Crippen LogP contribution in [0.15, 0.2) is 36.4 Å². The van der Waals surface area contributed by atoms with Gasteiger partial charge in [-0.3, -0.25) is 19.3 Å². The zero-order valence-electron chi connectivity index (χ0n) is 26.6. The summed E-state index contributed by atoms with van der Waals surface area (Å²) in [5.41, 5.74) is 1.17. The number of unbranched alkanes of at least 4 members (excludes halogenated alkanes) is 16. The first-order chi connectivity index (χ1) is 20.9. The molecule has 0 unspecified atom stereocenters. The van der Waals surface area contributed by atoms with E-state index in [0.717, 1.165) is 19.3 Å². The Kier molecular flexibility index (Phi) is 15.1. The highest BCUT2D eigenvalue weighted by Gasteiger charge is 2.30. The Morgan fingerprint density at radius 2 is 0.953 bits per heavy atom. The fraction of sp³-hybridized carbons (Fsp3) is 0.583. The van der Waals surface area contributed by atoms with Crippen LogP contribution in [0.3, 0.4) is 0 Å². The Bertz CT molecular complexity index is 1110. The van der Waals surface area contributed by atoms with Crippen LogP contribution in [-0.2, 0) is 14.4 Å². The summed E-state index contributed by atoms with van der Waals surface area (Å²) in [4.78, 5) is 38.1. The molecule has 2 aromatic rings. The molecular formula is C36H51NO6. The molecular weight excluding hydrogens is 542 g/mol. The van der Waals surface area contributed by atoms with Gasteiger partial charge in [0.05, 0.1) is 11.4 Å². The first kappa shape index (κ1) is 34.1. The van der Waals surface area contributed by atoms with Crippen LogP contribution >= 0.6 is 0 Å². The first-order valence-corrected chi connectivity index (χ1v) is 16.5. The average molecular weight is 594 g/mol. The molecule has 2 aromatic carbocycles. The number of carbonyl (C=O) groups is 3. The minimum atomic E-state index is -0.444. The molecule has 0 atom stereocenters. The Balaban J connectivity index is 1.40. The number of hydrogen-bond acceptors (Lipinski definition) is 6. The van der Waals surface area contributed by atoms with Gasteiger partial charge in [-0.2, -0.15) is 0 Å². The third kappa shape index (κ3) is 12.0. The van der Waals surface area contributed by atoms with Gasteiger partial charge in [0.1, 0.15) is 11.5 Å². The summed E-state index contributed by atoms with van der Waals surface area (Å²) in [6.07, 6.45) is 22.4. The van der Waals surface area contributed by atoms with E-state index in [0.29, 0.717) is 40.8 Å². The Labute approximate surface area is 258 Å². The molecule has 0 radical (unpaired) electrons. The van der Waals surface area contributed by atoms with E-state index < -0.39 is 11.9 Å². The van der Waals surface area contributed by atoms with E-state index in [1.807, 2.05) is 0 Å². The third-order valence-corrected chi connectivity index (χ3v) is 7.83. The summed E-state index contributed by atoms with van der Waals surface area (Å²) < 4.78 is 16.5. The van der Waals surface area contributed by atoms with E-state index in [4.69, 9.17) is 14.2 Å². The summed E-state index contributed by atoms with van der Waals surface area (Å²) in [6.45, 7) is 4.93. The number of carbonyl (C=O) groups excluding carboxylic acids is 3. The van der Waals surface area contributed by atoms with Gasteiger partial charge in [0, 0.05) is 32.4 Å². The summed E-state index contributed by atoms with van der Waals surface area (Å²) >= 11 is 0. The molecule has 43 heavy (non-hydrogen) atoms. The van der Waals surface area contributed by atoms with Crippen LogP contribution in [-0.4, -0.2) is 17.8 Å². The molecule has 1 aliphatic rings. The highest BCUT2D eigenvalue weighted by molar-refractivity contribution is 6.04. The van der Waals surface area contributed by atoms with E-state index in [1.165, 1.54) is 104 Å². The van der Waals surface area contributed by atoms with E-state index in [-0.39, 0.29) is 5.91 Å². The van der Waals surface area contributed by atoms with Gasteiger partial charge in [-0.15, -0.1) is 0 Å². The van der Waals surface area contributed by atoms with Crippen molar-refractivity contribution in [2.45, 2.75) is 136 Å². The highest BCUT2D eigenvalue weighted by atomic mass is 16.5. The molecule has 0 aliphatic carbocycles. The number of nitrogens with zero attached hydrogens (tertiary/aromatic N) is 1. The molecule has 1 aliphatic heterocycles. The fourth-order valence-electron chi connectivity index (χ4n) is 5.61. The number of anilines is 2. The number of hydrogen-bond donors (Lipinski definition) is 0. The van der Waals surface area contributed by atoms with Gasteiger partial charge < -0.3 is 14.2 Å². The van der Waals surface area contributed by atoms with Crippen LogP contribution in [0.5, 0.6) is 23.0 Å². The maximum Gasteiger partial charge on any atom is 0.308 e. The predicted octanol–water partition coefficient (Wildman–Crippen LogP) is 10.3. The van der Waals surface area contributed by atoms with Crippen LogP contribution in [0.25, 0.3) is 0 Å². The zero-order chi connectivity index (χ0) is 30.9. The van der Waals surface area contributed by atoms with Crippen molar-refractivity contribution in [3.63, 3.8) is 0 Å². The summed E-state index contributed by atoms with van der Waals surface area (Å²) in [6, 6.07) is 9.93. The van der Waals surface area contributed by atoms with Crippen LogP contribution in [0, 0.1) is 0 Å². The van der Waals surface area contributed by atoms with Gasteiger partial charge in [0.25, 0.3) is 0 Å². The average Bonchev–Trinajstić information content (AvgIpc) is 2.96. The van der Waals surface area contributed by atoms with Crippen molar-refractivity contribution in [3.05, 3.63) is 36.4 Å². The topological polar surface area (TPSA) is 82.1 Å². The molecule has 7 heteroatoms. The number of rotatable bonds is 20. The van der Waals surface area contributed by atoms with E-state index in [1.54, 1.807) is 41.3 Å². The molecule has 0 saturated heterocycles. The zero-order valence-corrected chi connectivity index (χ0v) is 26.6. The van der Waals surface area contributed by atoms with Gasteiger partial charge in [-0.05, 0) is 30.7 Å². The van der Waals surface area contributed by atoms with Crippen LogP contribution < -0.4 is 19.1 Å². The lowest BCUT2D eigenvalue weighted by Crippen LogP contribution is -2.28. The molecule has 1 amide bonds. The Hall–Kier alpha value is -3.35. The highest BCUT2D eigenvalue weighted by Crippen LogP contribution is 2.49. The number of esters is 2. The quantitative estimate of drug-likeness (QED) is 0.0863. The minimum absolute atomic E-state index is 0.0350. The number of amides is 1. The van der Waals surface area contributed by atoms with Crippen molar-refractivity contribution in [1.29, 1.82) is 0 Å². The summed E-state index contributed by atoms with van der Waals surface area (Å²) in [5.74, 6) is 0.508. The Morgan fingerprint density at radius 1 is 0.581 bits per heavy atom. The molecule has 3 rings (SSSR count).